The summed E-state index contributed by atoms with van der Waals surface area (Å²) in [6.45, 7) is 2.14. The molecule has 1 atom stereocenters. The summed E-state index contributed by atoms with van der Waals surface area (Å²) in [5.41, 5.74) is 5.98. The second-order valence-electron chi connectivity index (χ2n) is 5.13. The van der Waals surface area contributed by atoms with Crippen LogP contribution >= 0.6 is 0 Å². The molecule has 1 aliphatic rings. The second kappa shape index (κ2) is 6.15. The Kier molecular flexibility index (Phi) is 4.54. The highest BCUT2D eigenvalue weighted by Gasteiger charge is 2.21. The fourth-order valence-electron chi connectivity index (χ4n) is 2.57. The van der Waals surface area contributed by atoms with Gasteiger partial charge < -0.3 is 10.3 Å². The van der Waals surface area contributed by atoms with E-state index in [1.807, 2.05) is 0 Å². The molecule has 0 amide bonds. The molecule has 4 heteroatoms. The van der Waals surface area contributed by atoms with Crippen LogP contribution in [-0.2, 0) is 6.42 Å². The van der Waals surface area contributed by atoms with Crippen molar-refractivity contribution in [3.63, 3.8) is 0 Å². The topological polar surface area (TPSA) is 64.9 Å². The first-order chi connectivity index (χ1) is 8.29. The second-order valence-corrected chi connectivity index (χ2v) is 5.13. The lowest BCUT2D eigenvalue weighted by molar-refractivity contribution is 0.349. The van der Waals surface area contributed by atoms with E-state index in [1.54, 1.807) is 0 Å². The molecule has 1 fully saturated rings. The Morgan fingerprint density at radius 3 is 2.82 bits per heavy atom. The summed E-state index contributed by atoms with van der Waals surface area (Å²) in [7, 11) is 0. The molecule has 17 heavy (non-hydrogen) atoms. The molecule has 1 heterocycles. The highest BCUT2D eigenvalue weighted by atomic mass is 16.5. The molecule has 4 nitrogen and oxygen atoms in total. The Bertz CT molecular complexity index is 331. The van der Waals surface area contributed by atoms with Gasteiger partial charge in [-0.25, -0.2) is 0 Å². The van der Waals surface area contributed by atoms with Gasteiger partial charge in [0.05, 0.1) is 0 Å². The molecule has 1 aromatic rings. The van der Waals surface area contributed by atoms with Crippen molar-refractivity contribution < 1.29 is 4.52 Å². The van der Waals surface area contributed by atoms with Crippen LogP contribution in [0.25, 0.3) is 0 Å². The average Bonchev–Trinajstić information content (AvgIpc) is 2.79. The largest absolute Gasteiger partial charge is 0.339 e. The van der Waals surface area contributed by atoms with Gasteiger partial charge in [-0.2, -0.15) is 4.98 Å². The van der Waals surface area contributed by atoms with Crippen molar-refractivity contribution >= 4 is 0 Å². The van der Waals surface area contributed by atoms with E-state index in [-0.39, 0.29) is 6.04 Å². The van der Waals surface area contributed by atoms with Crippen LogP contribution in [0.3, 0.4) is 0 Å². The lowest BCUT2D eigenvalue weighted by atomic mass is 9.89. The Hall–Kier alpha value is -0.900. The zero-order valence-electron chi connectivity index (χ0n) is 10.7. The third kappa shape index (κ3) is 3.53. The summed E-state index contributed by atoms with van der Waals surface area (Å²) in [5, 5.41) is 4.11. The molecule has 2 rings (SSSR count). The number of rotatable bonds is 5. The molecule has 1 saturated carbocycles. The van der Waals surface area contributed by atoms with Gasteiger partial charge in [0, 0.05) is 18.4 Å². The van der Waals surface area contributed by atoms with Gasteiger partial charge in [-0.3, -0.25) is 0 Å². The molecule has 1 aliphatic carbocycles. The maximum absolute atomic E-state index is 5.98. The molecule has 2 N–H and O–H groups in total. The van der Waals surface area contributed by atoms with Crippen molar-refractivity contribution in [3.8, 4) is 0 Å². The van der Waals surface area contributed by atoms with E-state index in [1.165, 1.54) is 32.1 Å². The van der Waals surface area contributed by atoms with E-state index in [0.717, 1.165) is 18.7 Å². The van der Waals surface area contributed by atoms with Crippen LogP contribution in [0.15, 0.2) is 4.52 Å². The number of nitrogens with zero attached hydrogens (tertiary/aromatic N) is 2. The first kappa shape index (κ1) is 12.6. The van der Waals surface area contributed by atoms with Gasteiger partial charge in [-0.1, -0.05) is 37.8 Å². The van der Waals surface area contributed by atoms with Crippen LogP contribution in [0.4, 0.5) is 0 Å². The van der Waals surface area contributed by atoms with Crippen LogP contribution in [0.5, 0.6) is 0 Å². The molecular formula is C13H23N3O. The van der Waals surface area contributed by atoms with Crippen LogP contribution in [0.2, 0.25) is 0 Å². The van der Waals surface area contributed by atoms with Gasteiger partial charge in [0.1, 0.15) is 0 Å². The van der Waals surface area contributed by atoms with E-state index in [4.69, 9.17) is 10.3 Å². The molecule has 96 valence electrons. The molecular weight excluding hydrogens is 214 g/mol. The van der Waals surface area contributed by atoms with Crippen molar-refractivity contribution in [1.82, 2.24) is 10.1 Å². The van der Waals surface area contributed by atoms with Crippen LogP contribution in [0, 0.1) is 0 Å². The SMILES string of the molecule is CCCC(N)Cc1nc(C2CCCCC2)no1. The van der Waals surface area contributed by atoms with Crippen LogP contribution in [-0.4, -0.2) is 16.2 Å². The van der Waals surface area contributed by atoms with Gasteiger partial charge >= 0.3 is 0 Å². The zero-order valence-corrected chi connectivity index (χ0v) is 10.7. The fraction of sp³-hybridized carbons (Fsp3) is 0.846. The van der Waals surface area contributed by atoms with Crippen molar-refractivity contribution in [1.29, 1.82) is 0 Å². The van der Waals surface area contributed by atoms with Crippen molar-refractivity contribution in [2.24, 2.45) is 5.73 Å². The third-order valence-electron chi connectivity index (χ3n) is 3.55. The molecule has 0 bridgehead atoms. The lowest BCUT2D eigenvalue weighted by Gasteiger charge is -2.17. The van der Waals surface area contributed by atoms with Gasteiger partial charge in [-0.15, -0.1) is 0 Å². The number of hydrogen-bond acceptors (Lipinski definition) is 4. The molecule has 0 spiro atoms. The van der Waals surface area contributed by atoms with Crippen molar-refractivity contribution in [2.75, 3.05) is 0 Å². The van der Waals surface area contributed by atoms with Crippen LogP contribution < -0.4 is 5.73 Å². The van der Waals surface area contributed by atoms with E-state index in [0.29, 0.717) is 18.2 Å². The fourth-order valence-corrected chi connectivity index (χ4v) is 2.57. The number of aromatic nitrogens is 2. The monoisotopic (exact) mass is 237 g/mol. The van der Waals surface area contributed by atoms with Gasteiger partial charge in [0.2, 0.25) is 5.89 Å². The number of hydrogen-bond donors (Lipinski definition) is 1. The Labute approximate surface area is 103 Å². The minimum atomic E-state index is 0.152. The summed E-state index contributed by atoms with van der Waals surface area (Å²) in [6, 6.07) is 0.152. The van der Waals surface area contributed by atoms with Gasteiger partial charge in [-0.05, 0) is 19.3 Å². The number of nitrogens with two attached hydrogens (primary N) is 1. The van der Waals surface area contributed by atoms with Crippen molar-refractivity contribution in [3.05, 3.63) is 11.7 Å². The minimum Gasteiger partial charge on any atom is -0.339 e. The van der Waals surface area contributed by atoms with Crippen molar-refractivity contribution in [2.45, 2.75) is 70.3 Å². The first-order valence-electron chi connectivity index (χ1n) is 6.87. The summed E-state index contributed by atoms with van der Waals surface area (Å²) >= 11 is 0. The summed E-state index contributed by atoms with van der Waals surface area (Å²) < 4.78 is 5.29. The Morgan fingerprint density at radius 2 is 2.12 bits per heavy atom. The van der Waals surface area contributed by atoms with E-state index < -0.39 is 0 Å². The molecule has 0 aromatic carbocycles. The predicted molar refractivity (Wildman–Crippen MR) is 66.7 cm³/mol. The molecule has 1 aromatic heterocycles. The molecule has 0 aliphatic heterocycles. The van der Waals surface area contributed by atoms with Crippen LogP contribution in [0.1, 0.15) is 69.5 Å². The average molecular weight is 237 g/mol. The van der Waals surface area contributed by atoms with E-state index in [9.17, 15) is 0 Å². The summed E-state index contributed by atoms with van der Waals surface area (Å²) in [4.78, 5) is 4.50. The van der Waals surface area contributed by atoms with E-state index >= 15 is 0 Å². The predicted octanol–water partition coefficient (Wildman–Crippen LogP) is 2.79. The minimum absolute atomic E-state index is 0.152. The first-order valence-corrected chi connectivity index (χ1v) is 6.87. The summed E-state index contributed by atoms with van der Waals surface area (Å²) in [5.74, 6) is 2.14. The summed E-state index contributed by atoms with van der Waals surface area (Å²) in [6.07, 6.45) is 9.19. The quantitative estimate of drug-likeness (QED) is 0.855. The maximum Gasteiger partial charge on any atom is 0.228 e. The Balaban J connectivity index is 1.90. The Morgan fingerprint density at radius 1 is 1.35 bits per heavy atom. The highest BCUT2D eigenvalue weighted by Crippen LogP contribution is 2.30. The molecule has 0 saturated heterocycles. The third-order valence-corrected chi connectivity index (χ3v) is 3.55. The van der Waals surface area contributed by atoms with E-state index in [2.05, 4.69) is 17.1 Å². The smallest absolute Gasteiger partial charge is 0.228 e. The standard InChI is InChI=1S/C13H23N3O/c1-2-6-11(14)9-12-15-13(16-17-12)10-7-4-3-5-8-10/h10-11H,2-9,14H2,1H3. The highest BCUT2D eigenvalue weighted by molar-refractivity contribution is 4.97. The molecule has 0 radical (unpaired) electrons. The maximum atomic E-state index is 5.98. The zero-order chi connectivity index (χ0) is 12.1. The normalized spacial score (nSPS) is 19.4. The lowest BCUT2D eigenvalue weighted by Crippen LogP contribution is -2.22. The molecule has 1 unspecified atom stereocenters. The van der Waals surface area contributed by atoms with Gasteiger partial charge in [0.15, 0.2) is 5.82 Å². The van der Waals surface area contributed by atoms with Gasteiger partial charge in [0.25, 0.3) is 0 Å².